The van der Waals surface area contributed by atoms with Gasteiger partial charge in [-0.05, 0) is 19.4 Å². The van der Waals surface area contributed by atoms with Crippen molar-refractivity contribution < 1.29 is 14.6 Å². The number of carboxylic acid groups (broad SMARTS) is 1. The highest BCUT2D eigenvalue weighted by atomic mass is 16.5. The predicted molar refractivity (Wildman–Crippen MR) is 74.4 cm³/mol. The summed E-state index contributed by atoms with van der Waals surface area (Å²) < 4.78 is 5.39. The van der Waals surface area contributed by atoms with Crippen LogP contribution in [0.25, 0.3) is 0 Å². The van der Waals surface area contributed by atoms with Crippen molar-refractivity contribution in [2.45, 2.75) is 32.9 Å². The molecule has 1 aromatic carbocycles. The SMILES string of the molecule is COc1c(C)cc(C)cc1CNCC(N)CC(=O)O. The van der Waals surface area contributed by atoms with Crippen LogP contribution in [-0.2, 0) is 11.3 Å². The van der Waals surface area contributed by atoms with E-state index < -0.39 is 5.97 Å². The molecular formula is C14H22N2O3. The van der Waals surface area contributed by atoms with Crippen LogP contribution in [0.4, 0.5) is 0 Å². The van der Waals surface area contributed by atoms with Gasteiger partial charge in [0.2, 0.25) is 0 Å². The minimum absolute atomic E-state index is 0.0308. The van der Waals surface area contributed by atoms with Gasteiger partial charge in [-0.15, -0.1) is 0 Å². The Morgan fingerprint density at radius 3 is 2.74 bits per heavy atom. The Bertz CT molecular complexity index is 447. The van der Waals surface area contributed by atoms with Crippen LogP contribution in [-0.4, -0.2) is 30.8 Å². The average Bonchev–Trinajstić information content (AvgIpc) is 2.27. The number of rotatable bonds is 7. The lowest BCUT2D eigenvalue weighted by atomic mass is 10.1. The van der Waals surface area contributed by atoms with Crippen LogP contribution in [0.3, 0.4) is 0 Å². The number of benzene rings is 1. The number of ether oxygens (including phenoxy) is 1. The molecule has 0 saturated heterocycles. The molecule has 19 heavy (non-hydrogen) atoms. The molecule has 0 heterocycles. The van der Waals surface area contributed by atoms with Crippen molar-refractivity contribution in [3.05, 3.63) is 28.8 Å². The van der Waals surface area contributed by atoms with Gasteiger partial charge in [0.05, 0.1) is 13.5 Å². The lowest BCUT2D eigenvalue weighted by Gasteiger charge is -2.15. The van der Waals surface area contributed by atoms with Gasteiger partial charge in [-0.25, -0.2) is 0 Å². The summed E-state index contributed by atoms with van der Waals surface area (Å²) in [5.74, 6) is -0.0109. The van der Waals surface area contributed by atoms with Gasteiger partial charge in [0.15, 0.2) is 0 Å². The zero-order valence-corrected chi connectivity index (χ0v) is 11.7. The molecule has 0 amide bonds. The van der Waals surface area contributed by atoms with Crippen molar-refractivity contribution in [3.8, 4) is 5.75 Å². The van der Waals surface area contributed by atoms with E-state index in [1.165, 1.54) is 5.56 Å². The zero-order valence-electron chi connectivity index (χ0n) is 11.7. The van der Waals surface area contributed by atoms with E-state index in [1.54, 1.807) is 7.11 Å². The molecule has 1 unspecified atom stereocenters. The Morgan fingerprint density at radius 1 is 1.47 bits per heavy atom. The fourth-order valence-electron chi connectivity index (χ4n) is 2.15. The van der Waals surface area contributed by atoms with E-state index >= 15 is 0 Å². The second-order valence-electron chi connectivity index (χ2n) is 4.76. The number of carbonyl (C=O) groups is 1. The van der Waals surface area contributed by atoms with E-state index in [2.05, 4.69) is 17.4 Å². The number of nitrogens with one attached hydrogen (secondary N) is 1. The molecule has 1 aromatic rings. The molecule has 0 fully saturated rings. The second kappa shape index (κ2) is 7.11. The molecule has 0 aromatic heterocycles. The van der Waals surface area contributed by atoms with Gasteiger partial charge in [-0.3, -0.25) is 4.79 Å². The minimum Gasteiger partial charge on any atom is -0.496 e. The summed E-state index contributed by atoms with van der Waals surface area (Å²) in [7, 11) is 1.65. The monoisotopic (exact) mass is 266 g/mol. The van der Waals surface area contributed by atoms with Gasteiger partial charge < -0.3 is 20.9 Å². The first-order valence-corrected chi connectivity index (χ1v) is 6.26. The maximum absolute atomic E-state index is 10.5. The molecular weight excluding hydrogens is 244 g/mol. The molecule has 106 valence electrons. The average molecular weight is 266 g/mol. The largest absolute Gasteiger partial charge is 0.496 e. The summed E-state index contributed by atoms with van der Waals surface area (Å²) in [5, 5.41) is 11.8. The van der Waals surface area contributed by atoms with Crippen LogP contribution < -0.4 is 15.8 Å². The number of methoxy groups -OCH3 is 1. The van der Waals surface area contributed by atoms with Crippen LogP contribution in [0.2, 0.25) is 0 Å². The van der Waals surface area contributed by atoms with Crippen LogP contribution in [0.1, 0.15) is 23.1 Å². The predicted octanol–water partition coefficient (Wildman–Crippen LogP) is 1.20. The molecule has 0 radical (unpaired) electrons. The summed E-state index contributed by atoms with van der Waals surface area (Å²) in [6.45, 7) is 5.11. The maximum atomic E-state index is 10.5. The van der Waals surface area contributed by atoms with E-state index in [4.69, 9.17) is 15.6 Å². The van der Waals surface area contributed by atoms with Crippen molar-refractivity contribution in [2.75, 3.05) is 13.7 Å². The van der Waals surface area contributed by atoms with Gasteiger partial charge in [-0.2, -0.15) is 0 Å². The Labute approximate surface area is 113 Å². The third kappa shape index (κ3) is 4.89. The van der Waals surface area contributed by atoms with Crippen molar-refractivity contribution in [1.29, 1.82) is 0 Å². The van der Waals surface area contributed by atoms with E-state index in [1.807, 2.05) is 13.8 Å². The number of aryl methyl sites for hydroxylation is 2. The van der Waals surface area contributed by atoms with Crippen molar-refractivity contribution in [3.63, 3.8) is 0 Å². The Balaban J connectivity index is 2.60. The molecule has 1 rings (SSSR count). The molecule has 0 aliphatic rings. The standard InChI is InChI=1S/C14H22N2O3/c1-9-4-10(2)14(19-3)11(5-9)7-16-8-12(15)6-13(17)18/h4-5,12,16H,6-8,15H2,1-3H3,(H,17,18). The van der Waals surface area contributed by atoms with Crippen LogP contribution >= 0.6 is 0 Å². The Kier molecular flexibility index (Phi) is 5.79. The molecule has 0 saturated carbocycles. The lowest BCUT2D eigenvalue weighted by molar-refractivity contribution is -0.137. The van der Waals surface area contributed by atoms with E-state index in [0.717, 1.165) is 16.9 Å². The maximum Gasteiger partial charge on any atom is 0.304 e. The summed E-state index contributed by atoms with van der Waals surface area (Å²) in [6, 6.07) is 3.74. The highest BCUT2D eigenvalue weighted by Crippen LogP contribution is 2.24. The topological polar surface area (TPSA) is 84.6 Å². The first kappa shape index (κ1) is 15.5. The Hall–Kier alpha value is -1.59. The second-order valence-corrected chi connectivity index (χ2v) is 4.76. The van der Waals surface area contributed by atoms with Gasteiger partial charge in [-0.1, -0.05) is 17.7 Å². The normalized spacial score (nSPS) is 12.2. The highest BCUT2D eigenvalue weighted by molar-refractivity contribution is 5.67. The van der Waals surface area contributed by atoms with E-state index in [-0.39, 0.29) is 12.5 Å². The summed E-state index contributed by atoms with van der Waals surface area (Å²) in [6.07, 6.45) is -0.0308. The van der Waals surface area contributed by atoms with Crippen LogP contribution in [0.5, 0.6) is 5.75 Å². The van der Waals surface area contributed by atoms with E-state index in [0.29, 0.717) is 13.1 Å². The summed E-state index contributed by atoms with van der Waals surface area (Å²) in [4.78, 5) is 10.5. The van der Waals surface area contributed by atoms with Crippen molar-refractivity contribution >= 4 is 5.97 Å². The molecule has 0 aliphatic carbocycles. The molecule has 5 heteroatoms. The first-order valence-electron chi connectivity index (χ1n) is 6.26. The zero-order chi connectivity index (χ0) is 14.4. The number of hydrogen-bond acceptors (Lipinski definition) is 4. The number of aliphatic carboxylic acids is 1. The van der Waals surface area contributed by atoms with Gasteiger partial charge >= 0.3 is 5.97 Å². The van der Waals surface area contributed by atoms with E-state index in [9.17, 15) is 4.79 Å². The number of hydrogen-bond donors (Lipinski definition) is 3. The third-order valence-electron chi connectivity index (χ3n) is 2.86. The quantitative estimate of drug-likeness (QED) is 0.690. The smallest absolute Gasteiger partial charge is 0.304 e. The molecule has 0 spiro atoms. The minimum atomic E-state index is -0.877. The highest BCUT2D eigenvalue weighted by Gasteiger charge is 2.10. The lowest BCUT2D eigenvalue weighted by Crippen LogP contribution is -2.35. The summed E-state index contributed by atoms with van der Waals surface area (Å²) >= 11 is 0. The Morgan fingerprint density at radius 2 is 2.16 bits per heavy atom. The molecule has 5 nitrogen and oxygen atoms in total. The fourth-order valence-corrected chi connectivity index (χ4v) is 2.15. The molecule has 0 aliphatic heterocycles. The molecule has 1 atom stereocenters. The van der Waals surface area contributed by atoms with Gasteiger partial charge in [0.1, 0.15) is 5.75 Å². The van der Waals surface area contributed by atoms with Crippen molar-refractivity contribution in [2.24, 2.45) is 5.73 Å². The molecule has 4 N–H and O–H groups in total. The molecule has 0 bridgehead atoms. The van der Waals surface area contributed by atoms with Gasteiger partial charge in [0, 0.05) is 24.7 Å². The number of nitrogens with two attached hydrogens (primary N) is 1. The number of carboxylic acids is 1. The van der Waals surface area contributed by atoms with Crippen molar-refractivity contribution in [1.82, 2.24) is 5.32 Å². The first-order chi connectivity index (χ1) is 8.93. The van der Waals surface area contributed by atoms with Gasteiger partial charge in [0.25, 0.3) is 0 Å². The fraction of sp³-hybridized carbons (Fsp3) is 0.500. The summed E-state index contributed by atoms with van der Waals surface area (Å²) in [5.41, 5.74) is 9.02. The van der Waals surface area contributed by atoms with Crippen LogP contribution in [0.15, 0.2) is 12.1 Å². The van der Waals surface area contributed by atoms with Crippen LogP contribution in [0, 0.1) is 13.8 Å². The third-order valence-corrected chi connectivity index (χ3v) is 2.86.